The summed E-state index contributed by atoms with van der Waals surface area (Å²) in [5, 5.41) is 5.29. The van der Waals surface area contributed by atoms with Crippen LogP contribution < -0.4 is 4.74 Å². The number of carbonyl (C=O) groups excluding carboxylic acids is 1. The highest BCUT2D eigenvalue weighted by Gasteiger charge is 2.19. The van der Waals surface area contributed by atoms with Crippen LogP contribution in [0.15, 0.2) is 59.7 Å². The zero-order valence-electron chi connectivity index (χ0n) is 14.0. The lowest BCUT2D eigenvalue weighted by atomic mass is 10.2. The molecule has 6 heteroatoms. The van der Waals surface area contributed by atoms with Crippen molar-refractivity contribution in [2.75, 3.05) is 18.6 Å². The van der Waals surface area contributed by atoms with Crippen molar-refractivity contribution in [1.82, 2.24) is 5.01 Å². The fourth-order valence-electron chi connectivity index (χ4n) is 2.12. The van der Waals surface area contributed by atoms with Crippen molar-refractivity contribution in [3.8, 4) is 5.75 Å². The first kappa shape index (κ1) is 17.4. The molecule has 0 aromatic heterocycles. The minimum atomic E-state index is -0.498. The molecular weight excluding hydrogens is 336 g/mol. The van der Waals surface area contributed by atoms with Gasteiger partial charge in [0, 0.05) is 18.6 Å². The average Bonchev–Trinajstić information content (AvgIpc) is 2.62. The maximum atomic E-state index is 11.9. The quantitative estimate of drug-likeness (QED) is 0.584. The van der Waals surface area contributed by atoms with Crippen molar-refractivity contribution >= 4 is 24.1 Å². The standard InChI is InChI=1S/C19H20N2O3S/c1-21(19(22)23-12-16-5-3-2-4-6-16)20-11-15-7-9-17(10-8-15)24-18-13-25-14-18/h2-11,18H,12-14H2,1H3/b20-11-. The van der Waals surface area contributed by atoms with E-state index in [1.165, 1.54) is 5.01 Å². The van der Waals surface area contributed by atoms with Crippen molar-refractivity contribution in [1.29, 1.82) is 0 Å². The molecule has 1 aliphatic rings. The molecule has 130 valence electrons. The van der Waals surface area contributed by atoms with Crippen molar-refractivity contribution < 1.29 is 14.3 Å². The molecule has 5 nitrogen and oxygen atoms in total. The molecule has 1 heterocycles. The number of hydrogen-bond donors (Lipinski definition) is 0. The SMILES string of the molecule is CN(/N=C\c1ccc(OC2CSC2)cc1)C(=O)OCc1ccccc1. The molecule has 0 N–H and O–H groups in total. The molecular formula is C19H20N2O3S. The summed E-state index contributed by atoms with van der Waals surface area (Å²) in [5.41, 5.74) is 1.83. The summed E-state index contributed by atoms with van der Waals surface area (Å²) < 4.78 is 11.0. The molecule has 0 aliphatic carbocycles. The topological polar surface area (TPSA) is 51.1 Å². The minimum absolute atomic E-state index is 0.227. The van der Waals surface area contributed by atoms with E-state index in [9.17, 15) is 4.79 Å². The van der Waals surface area contributed by atoms with Gasteiger partial charge in [-0.05, 0) is 35.4 Å². The Morgan fingerprint density at radius 2 is 1.92 bits per heavy atom. The fraction of sp³-hybridized carbons (Fsp3) is 0.263. The molecule has 0 saturated carbocycles. The highest BCUT2D eigenvalue weighted by molar-refractivity contribution is 8.00. The molecule has 1 saturated heterocycles. The molecule has 1 fully saturated rings. The number of nitrogens with zero attached hydrogens (tertiary/aromatic N) is 2. The summed E-state index contributed by atoms with van der Waals surface area (Å²) in [6.45, 7) is 0.227. The van der Waals surface area contributed by atoms with Gasteiger partial charge in [-0.1, -0.05) is 30.3 Å². The lowest BCUT2D eigenvalue weighted by molar-refractivity contribution is 0.106. The molecule has 2 aromatic rings. The van der Waals surface area contributed by atoms with Gasteiger partial charge in [-0.3, -0.25) is 0 Å². The van der Waals surface area contributed by atoms with E-state index < -0.39 is 6.09 Å². The van der Waals surface area contributed by atoms with E-state index in [0.717, 1.165) is 28.4 Å². The normalized spacial score (nSPS) is 14.1. The highest BCUT2D eigenvalue weighted by Crippen LogP contribution is 2.23. The fourth-order valence-corrected chi connectivity index (χ4v) is 2.68. The van der Waals surface area contributed by atoms with E-state index in [-0.39, 0.29) is 6.61 Å². The van der Waals surface area contributed by atoms with Crippen LogP contribution in [0, 0.1) is 0 Å². The summed E-state index contributed by atoms with van der Waals surface area (Å²) in [6.07, 6.45) is 1.45. The van der Waals surface area contributed by atoms with Crippen LogP contribution in [-0.4, -0.2) is 42.0 Å². The molecule has 1 amide bonds. The van der Waals surface area contributed by atoms with Crippen LogP contribution in [0.25, 0.3) is 0 Å². The average molecular weight is 356 g/mol. The second-order valence-electron chi connectivity index (χ2n) is 5.65. The van der Waals surface area contributed by atoms with Crippen LogP contribution >= 0.6 is 11.8 Å². The molecule has 25 heavy (non-hydrogen) atoms. The minimum Gasteiger partial charge on any atom is -0.489 e. The first-order valence-corrected chi connectivity index (χ1v) is 9.19. The van der Waals surface area contributed by atoms with E-state index >= 15 is 0 Å². The smallest absolute Gasteiger partial charge is 0.430 e. The largest absolute Gasteiger partial charge is 0.489 e. The van der Waals surface area contributed by atoms with E-state index in [1.54, 1.807) is 13.3 Å². The number of hydrazone groups is 1. The van der Waals surface area contributed by atoms with E-state index in [4.69, 9.17) is 9.47 Å². The zero-order valence-corrected chi connectivity index (χ0v) is 14.8. The van der Waals surface area contributed by atoms with Crippen LogP contribution in [0.2, 0.25) is 0 Å². The van der Waals surface area contributed by atoms with Gasteiger partial charge < -0.3 is 9.47 Å². The lowest BCUT2D eigenvalue weighted by Crippen LogP contribution is -2.30. The number of amides is 1. The van der Waals surface area contributed by atoms with Crippen molar-refractivity contribution in [2.24, 2.45) is 5.10 Å². The number of thioether (sulfide) groups is 1. The van der Waals surface area contributed by atoms with E-state index in [2.05, 4.69) is 5.10 Å². The zero-order chi connectivity index (χ0) is 17.5. The van der Waals surface area contributed by atoms with E-state index in [1.807, 2.05) is 66.4 Å². The predicted octanol–water partition coefficient (Wildman–Crippen LogP) is 3.78. The van der Waals surface area contributed by atoms with Gasteiger partial charge in [0.15, 0.2) is 0 Å². The van der Waals surface area contributed by atoms with Crippen LogP contribution in [-0.2, 0) is 11.3 Å². The van der Waals surface area contributed by atoms with Crippen molar-refractivity contribution in [3.63, 3.8) is 0 Å². The maximum Gasteiger partial charge on any atom is 0.430 e. The summed E-state index contributed by atoms with van der Waals surface area (Å²) >= 11 is 1.89. The van der Waals surface area contributed by atoms with E-state index in [0.29, 0.717) is 6.10 Å². The summed E-state index contributed by atoms with van der Waals surface area (Å²) in [4.78, 5) is 11.9. The van der Waals surface area contributed by atoms with Gasteiger partial charge in [0.1, 0.15) is 18.5 Å². The first-order valence-electron chi connectivity index (χ1n) is 8.03. The van der Waals surface area contributed by atoms with Gasteiger partial charge in [0.05, 0.1) is 6.21 Å². The summed E-state index contributed by atoms with van der Waals surface area (Å²) in [6, 6.07) is 17.2. The third-order valence-electron chi connectivity index (χ3n) is 3.64. The Morgan fingerprint density at radius 1 is 1.20 bits per heavy atom. The molecule has 3 rings (SSSR count). The Bertz CT molecular complexity index is 715. The molecule has 0 radical (unpaired) electrons. The van der Waals surface area contributed by atoms with Crippen molar-refractivity contribution in [2.45, 2.75) is 12.7 Å². The predicted molar refractivity (Wildman–Crippen MR) is 100 cm³/mol. The number of carbonyl (C=O) groups is 1. The number of benzene rings is 2. The maximum absolute atomic E-state index is 11.9. The van der Waals surface area contributed by atoms with Gasteiger partial charge in [-0.25, -0.2) is 9.80 Å². The third kappa shape index (κ3) is 5.26. The van der Waals surface area contributed by atoms with Crippen LogP contribution in [0.4, 0.5) is 4.79 Å². The highest BCUT2D eigenvalue weighted by atomic mass is 32.2. The number of hydrogen-bond acceptors (Lipinski definition) is 5. The number of ether oxygens (including phenoxy) is 2. The van der Waals surface area contributed by atoms with Gasteiger partial charge in [-0.2, -0.15) is 16.9 Å². The third-order valence-corrected chi connectivity index (χ3v) is 4.85. The van der Waals surface area contributed by atoms with Crippen LogP contribution in [0.5, 0.6) is 5.75 Å². The molecule has 2 aromatic carbocycles. The van der Waals surface area contributed by atoms with Gasteiger partial charge in [-0.15, -0.1) is 0 Å². The monoisotopic (exact) mass is 356 g/mol. The lowest BCUT2D eigenvalue weighted by Gasteiger charge is -2.25. The van der Waals surface area contributed by atoms with Crippen LogP contribution in [0.3, 0.4) is 0 Å². The van der Waals surface area contributed by atoms with Gasteiger partial charge in [0.2, 0.25) is 0 Å². The molecule has 0 atom stereocenters. The molecule has 0 spiro atoms. The first-order chi connectivity index (χ1) is 12.2. The Morgan fingerprint density at radius 3 is 2.56 bits per heavy atom. The van der Waals surface area contributed by atoms with Gasteiger partial charge >= 0.3 is 6.09 Å². The molecule has 0 bridgehead atoms. The Kier molecular flexibility index (Phi) is 5.95. The van der Waals surface area contributed by atoms with Crippen molar-refractivity contribution in [3.05, 3.63) is 65.7 Å². The second-order valence-corrected chi connectivity index (χ2v) is 6.73. The Labute approximate surface area is 151 Å². The van der Waals surface area contributed by atoms with Crippen LogP contribution in [0.1, 0.15) is 11.1 Å². The molecule has 1 aliphatic heterocycles. The Balaban J connectivity index is 1.47. The Hall–Kier alpha value is -2.47. The second kappa shape index (κ2) is 8.58. The summed E-state index contributed by atoms with van der Waals surface area (Å²) in [7, 11) is 1.57. The molecule has 0 unspecified atom stereocenters. The van der Waals surface area contributed by atoms with Gasteiger partial charge in [0.25, 0.3) is 0 Å². The number of rotatable bonds is 6. The summed E-state index contributed by atoms with van der Waals surface area (Å²) in [5.74, 6) is 2.97.